The lowest BCUT2D eigenvalue weighted by Crippen LogP contribution is -2.68. The third-order valence-electron chi connectivity index (χ3n) is 5.91. The van der Waals surface area contributed by atoms with Crippen molar-refractivity contribution in [3.63, 3.8) is 0 Å². The summed E-state index contributed by atoms with van der Waals surface area (Å²) in [5.74, 6) is -0.273. The maximum atomic E-state index is 12.3. The molecular formula is C26H34O4Si. The highest BCUT2D eigenvalue weighted by molar-refractivity contribution is 6.99. The first-order valence-electron chi connectivity index (χ1n) is 11.1. The molecule has 1 unspecified atom stereocenters. The van der Waals surface area contributed by atoms with E-state index < -0.39 is 20.5 Å². The van der Waals surface area contributed by atoms with Gasteiger partial charge in [-0.25, -0.2) is 0 Å². The second kappa shape index (κ2) is 10.4. The fraction of sp³-hybridized carbons (Fsp3) is 0.423. The van der Waals surface area contributed by atoms with E-state index in [0.717, 1.165) is 23.2 Å². The van der Waals surface area contributed by atoms with Crippen LogP contribution < -0.4 is 10.4 Å². The number of carbonyl (C=O) groups is 1. The molecule has 0 amide bonds. The molecule has 2 aromatic carbocycles. The monoisotopic (exact) mass is 438 g/mol. The van der Waals surface area contributed by atoms with E-state index in [9.17, 15) is 9.90 Å². The third-order valence-corrected chi connectivity index (χ3v) is 11.0. The number of hydrogen-bond donors (Lipinski definition) is 1. The zero-order valence-corrected chi connectivity index (χ0v) is 19.8. The van der Waals surface area contributed by atoms with Crippen molar-refractivity contribution in [2.24, 2.45) is 0 Å². The second-order valence-electron chi connectivity index (χ2n) is 9.13. The van der Waals surface area contributed by atoms with Gasteiger partial charge in [-0.15, -0.1) is 0 Å². The van der Waals surface area contributed by atoms with Crippen LogP contribution in [0, 0.1) is 0 Å². The lowest BCUT2D eigenvalue weighted by molar-refractivity contribution is -0.157. The highest BCUT2D eigenvalue weighted by Gasteiger charge is 2.52. The molecule has 0 fully saturated rings. The molecular weight excluding hydrogens is 404 g/mol. The van der Waals surface area contributed by atoms with Crippen molar-refractivity contribution in [2.75, 3.05) is 6.61 Å². The number of allylic oxidation sites excluding steroid dienone is 1. The molecule has 0 radical (unpaired) electrons. The summed E-state index contributed by atoms with van der Waals surface area (Å²) in [6.45, 7) is 6.39. The number of rotatable bonds is 5. The summed E-state index contributed by atoms with van der Waals surface area (Å²) in [7, 11) is -2.82. The van der Waals surface area contributed by atoms with Gasteiger partial charge in [0.25, 0.3) is 8.32 Å². The third kappa shape index (κ3) is 5.35. The number of aliphatic hydroxyl groups excluding tert-OH is 1. The van der Waals surface area contributed by atoms with E-state index in [4.69, 9.17) is 9.16 Å². The summed E-state index contributed by atoms with van der Waals surface area (Å²) in [5.41, 5.74) is 0. The Morgan fingerprint density at radius 2 is 1.58 bits per heavy atom. The Labute approximate surface area is 187 Å². The molecule has 4 nitrogen and oxygen atoms in total. The van der Waals surface area contributed by atoms with Crippen LogP contribution in [0.5, 0.6) is 0 Å². The van der Waals surface area contributed by atoms with Crippen molar-refractivity contribution in [2.45, 2.75) is 63.7 Å². The molecule has 166 valence electrons. The van der Waals surface area contributed by atoms with Crippen LogP contribution in [0.2, 0.25) is 5.04 Å². The van der Waals surface area contributed by atoms with Crippen molar-refractivity contribution in [1.82, 2.24) is 0 Å². The summed E-state index contributed by atoms with van der Waals surface area (Å²) in [6.07, 6.45) is 5.61. The zero-order valence-electron chi connectivity index (χ0n) is 18.8. The van der Waals surface area contributed by atoms with Crippen molar-refractivity contribution in [1.29, 1.82) is 0 Å². The Hall–Kier alpha value is -2.21. The number of benzene rings is 2. The lowest BCUT2D eigenvalue weighted by Gasteiger charge is -2.46. The number of ether oxygens (including phenoxy) is 1. The second-order valence-corrected chi connectivity index (χ2v) is 13.4. The van der Waals surface area contributed by atoms with E-state index in [2.05, 4.69) is 57.2 Å². The Morgan fingerprint density at radius 1 is 1.00 bits per heavy atom. The lowest BCUT2D eigenvalue weighted by atomic mass is 10.1. The van der Waals surface area contributed by atoms with Crippen LogP contribution in [-0.4, -0.2) is 38.2 Å². The summed E-state index contributed by atoms with van der Waals surface area (Å²) in [4.78, 5) is 12.3. The summed E-state index contributed by atoms with van der Waals surface area (Å²) in [6, 6.07) is 20.8. The Balaban J connectivity index is 2.14. The van der Waals surface area contributed by atoms with Crippen LogP contribution >= 0.6 is 0 Å². The SMILES string of the molecule is CC(C)(C)[Si](O[C@@H]1C/C=C\CCCC(=O)OC1CO)(c1ccccc1)c1ccccc1. The van der Waals surface area contributed by atoms with E-state index in [1.807, 2.05) is 36.4 Å². The minimum atomic E-state index is -2.82. The van der Waals surface area contributed by atoms with Gasteiger partial charge in [0.05, 0.1) is 12.7 Å². The fourth-order valence-electron chi connectivity index (χ4n) is 4.37. The number of esters is 1. The van der Waals surface area contributed by atoms with Crippen molar-refractivity contribution >= 4 is 24.7 Å². The standard InChI is InChI=1S/C26H34O4Si/c1-26(2,3)31(21-14-8-6-9-15-21,22-16-10-7-11-17-22)30-23-18-12-4-5-13-19-25(28)29-24(23)20-27/h4,6-12,14-17,23-24,27H,5,13,18-20H2,1-3H3/b12-4-/t23-,24?/m1/s1. The van der Waals surface area contributed by atoms with Crippen LogP contribution in [0.4, 0.5) is 0 Å². The normalized spacial score (nSPS) is 21.9. The van der Waals surface area contributed by atoms with Gasteiger partial charge >= 0.3 is 5.97 Å². The molecule has 5 heteroatoms. The first kappa shape index (κ1) is 23.5. The van der Waals surface area contributed by atoms with Gasteiger partial charge in [0.15, 0.2) is 0 Å². The minimum Gasteiger partial charge on any atom is -0.457 e. The van der Waals surface area contributed by atoms with E-state index in [1.165, 1.54) is 0 Å². The van der Waals surface area contributed by atoms with Gasteiger partial charge in [-0.2, -0.15) is 0 Å². The number of aliphatic hydroxyl groups is 1. The summed E-state index contributed by atoms with van der Waals surface area (Å²) < 4.78 is 12.8. The molecule has 0 spiro atoms. The predicted octanol–water partition coefficient (Wildman–Crippen LogP) is 3.97. The molecule has 0 aliphatic carbocycles. The van der Waals surface area contributed by atoms with Crippen LogP contribution in [0.25, 0.3) is 0 Å². The van der Waals surface area contributed by atoms with Crippen molar-refractivity contribution in [3.05, 3.63) is 72.8 Å². The number of hydrogen-bond acceptors (Lipinski definition) is 4. The van der Waals surface area contributed by atoms with Crippen LogP contribution in [0.3, 0.4) is 0 Å². The van der Waals surface area contributed by atoms with Gasteiger partial charge in [0.2, 0.25) is 0 Å². The zero-order chi connectivity index (χ0) is 22.3. The Kier molecular flexibility index (Phi) is 7.87. The topological polar surface area (TPSA) is 55.8 Å². The molecule has 1 heterocycles. The van der Waals surface area contributed by atoms with Gasteiger partial charge in [-0.3, -0.25) is 4.79 Å². The fourth-order valence-corrected chi connectivity index (χ4v) is 9.08. The quantitative estimate of drug-likeness (QED) is 0.436. The molecule has 0 saturated heterocycles. The highest BCUT2D eigenvalue weighted by atomic mass is 28.4. The maximum absolute atomic E-state index is 12.3. The molecule has 1 aliphatic heterocycles. The number of carbonyl (C=O) groups excluding carboxylic acids is 1. The van der Waals surface area contributed by atoms with Gasteiger partial charge in [-0.1, -0.05) is 93.6 Å². The molecule has 3 rings (SSSR count). The molecule has 31 heavy (non-hydrogen) atoms. The van der Waals surface area contributed by atoms with E-state index in [0.29, 0.717) is 12.8 Å². The molecule has 2 atom stereocenters. The van der Waals surface area contributed by atoms with Crippen molar-refractivity contribution in [3.8, 4) is 0 Å². The van der Waals surface area contributed by atoms with E-state index >= 15 is 0 Å². The Bertz CT molecular complexity index is 818. The molecule has 0 saturated carbocycles. The average molecular weight is 439 g/mol. The predicted molar refractivity (Wildman–Crippen MR) is 127 cm³/mol. The summed E-state index contributed by atoms with van der Waals surface area (Å²) >= 11 is 0. The van der Waals surface area contributed by atoms with Crippen LogP contribution in [0.1, 0.15) is 46.5 Å². The summed E-state index contributed by atoms with van der Waals surface area (Å²) in [5, 5.41) is 12.3. The molecule has 0 aromatic heterocycles. The first-order chi connectivity index (χ1) is 14.9. The molecule has 1 N–H and O–H groups in total. The van der Waals surface area contributed by atoms with Gasteiger partial charge < -0.3 is 14.3 Å². The molecule has 0 bridgehead atoms. The smallest absolute Gasteiger partial charge is 0.306 e. The van der Waals surface area contributed by atoms with E-state index in [-0.39, 0.29) is 17.6 Å². The van der Waals surface area contributed by atoms with Crippen LogP contribution in [-0.2, 0) is 14.0 Å². The largest absolute Gasteiger partial charge is 0.457 e. The van der Waals surface area contributed by atoms with Gasteiger partial charge in [0, 0.05) is 6.42 Å². The minimum absolute atomic E-state index is 0.196. The average Bonchev–Trinajstić information content (AvgIpc) is 2.77. The van der Waals surface area contributed by atoms with E-state index in [1.54, 1.807) is 0 Å². The molecule has 2 aromatic rings. The van der Waals surface area contributed by atoms with Gasteiger partial charge in [-0.05, 0) is 34.7 Å². The van der Waals surface area contributed by atoms with Crippen LogP contribution in [0.15, 0.2) is 72.8 Å². The van der Waals surface area contributed by atoms with Gasteiger partial charge in [0.1, 0.15) is 6.10 Å². The Morgan fingerprint density at radius 3 is 2.10 bits per heavy atom. The molecule has 1 aliphatic rings. The highest BCUT2D eigenvalue weighted by Crippen LogP contribution is 2.38. The maximum Gasteiger partial charge on any atom is 0.306 e. The first-order valence-corrected chi connectivity index (χ1v) is 13.0. The number of cyclic esters (lactones) is 1. The van der Waals surface area contributed by atoms with Crippen molar-refractivity contribution < 1.29 is 19.1 Å².